The topological polar surface area (TPSA) is 41.9 Å². The van der Waals surface area contributed by atoms with Crippen LogP contribution in [0.4, 0.5) is 0 Å². The summed E-state index contributed by atoms with van der Waals surface area (Å²) in [5.41, 5.74) is 0. The van der Waals surface area contributed by atoms with Gasteiger partial charge < -0.3 is 15.2 Å². The van der Waals surface area contributed by atoms with E-state index in [2.05, 4.69) is 20.2 Å². The lowest BCUT2D eigenvalue weighted by Gasteiger charge is -2.24. The second kappa shape index (κ2) is 5.90. The molecule has 0 radical (unpaired) electrons. The molecule has 3 rings (SSSR count). The molecule has 2 saturated carbocycles. The van der Waals surface area contributed by atoms with Crippen LogP contribution in [0.2, 0.25) is 0 Å². The van der Waals surface area contributed by atoms with Gasteiger partial charge in [-0.1, -0.05) is 6.42 Å². The largest absolute Gasteiger partial charge is 0.363 e. The molecule has 4 nitrogen and oxygen atoms in total. The number of hydrogen-bond acceptors (Lipinski definition) is 2. The van der Waals surface area contributed by atoms with Gasteiger partial charge in [0, 0.05) is 31.5 Å². The minimum atomic E-state index is 0.632. The molecule has 0 amide bonds. The van der Waals surface area contributed by atoms with Crippen LogP contribution in [0.5, 0.6) is 0 Å². The zero-order chi connectivity index (χ0) is 13.1. The number of imidazole rings is 1. The summed E-state index contributed by atoms with van der Waals surface area (Å²) in [6.45, 7) is 1.91. The molecule has 0 unspecified atom stereocenters. The van der Waals surface area contributed by atoms with Gasteiger partial charge in [-0.3, -0.25) is 0 Å². The van der Waals surface area contributed by atoms with E-state index in [1.807, 2.05) is 18.7 Å². The van der Waals surface area contributed by atoms with Crippen LogP contribution in [0, 0.1) is 11.8 Å². The molecule has 0 saturated heterocycles. The number of aryl methyl sites for hydroxylation is 1. The molecule has 0 spiro atoms. The molecule has 1 heterocycles. The number of thiocarbonyl (C=S) groups is 1. The van der Waals surface area contributed by atoms with E-state index in [1.165, 1.54) is 25.7 Å². The lowest BCUT2D eigenvalue weighted by atomic mass is 9.96. The summed E-state index contributed by atoms with van der Waals surface area (Å²) >= 11 is 5.38. The van der Waals surface area contributed by atoms with Crippen molar-refractivity contribution in [3.8, 4) is 0 Å². The second-order valence-corrected chi connectivity index (χ2v) is 6.24. The monoisotopic (exact) mass is 278 g/mol. The normalized spacial score (nSPS) is 28.5. The lowest BCUT2D eigenvalue weighted by Crippen LogP contribution is -2.44. The van der Waals surface area contributed by atoms with Crippen LogP contribution in [0.25, 0.3) is 0 Å². The number of nitrogens with one attached hydrogen (secondary N) is 2. The molecular formula is C14H22N4S. The van der Waals surface area contributed by atoms with Gasteiger partial charge in [0.1, 0.15) is 0 Å². The fourth-order valence-electron chi connectivity index (χ4n) is 3.52. The third-order valence-corrected chi connectivity index (χ3v) is 4.75. The summed E-state index contributed by atoms with van der Waals surface area (Å²) < 4.78 is 2.09. The molecule has 0 aromatic carbocycles. The minimum absolute atomic E-state index is 0.632. The molecule has 19 heavy (non-hydrogen) atoms. The summed E-state index contributed by atoms with van der Waals surface area (Å²) in [4.78, 5) is 4.03. The Kier molecular flexibility index (Phi) is 4.01. The van der Waals surface area contributed by atoms with Gasteiger partial charge in [0.2, 0.25) is 0 Å². The van der Waals surface area contributed by atoms with E-state index in [1.54, 1.807) is 0 Å². The summed E-state index contributed by atoms with van der Waals surface area (Å²) in [7, 11) is 0. The van der Waals surface area contributed by atoms with Crippen molar-refractivity contribution < 1.29 is 0 Å². The van der Waals surface area contributed by atoms with Gasteiger partial charge in [-0.15, -0.1) is 0 Å². The summed E-state index contributed by atoms with van der Waals surface area (Å²) in [6.07, 6.45) is 12.3. The van der Waals surface area contributed by atoms with Crippen LogP contribution < -0.4 is 10.6 Å². The van der Waals surface area contributed by atoms with Crippen LogP contribution in [0.15, 0.2) is 18.7 Å². The van der Waals surface area contributed by atoms with E-state index in [9.17, 15) is 0 Å². The van der Waals surface area contributed by atoms with Gasteiger partial charge in [0.05, 0.1) is 6.33 Å². The Balaban J connectivity index is 1.31. The maximum Gasteiger partial charge on any atom is 0.166 e. The molecule has 3 atom stereocenters. The van der Waals surface area contributed by atoms with Crippen LogP contribution in [-0.4, -0.2) is 27.3 Å². The first-order valence-electron chi connectivity index (χ1n) is 7.31. The Hall–Kier alpha value is -1.10. The van der Waals surface area contributed by atoms with Crippen molar-refractivity contribution in [1.29, 1.82) is 0 Å². The highest BCUT2D eigenvalue weighted by Crippen LogP contribution is 2.44. The molecule has 2 aliphatic carbocycles. The highest BCUT2D eigenvalue weighted by Gasteiger charge is 2.39. The number of aromatic nitrogens is 2. The maximum atomic E-state index is 5.38. The first kappa shape index (κ1) is 12.9. The highest BCUT2D eigenvalue weighted by molar-refractivity contribution is 7.80. The second-order valence-electron chi connectivity index (χ2n) is 5.84. The van der Waals surface area contributed by atoms with E-state index in [0.717, 1.165) is 36.5 Å². The van der Waals surface area contributed by atoms with Crippen LogP contribution >= 0.6 is 12.2 Å². The van der Waals surface area contributed by atoms with Gasteiger partial charge >= 0.3 is 0 Å². The lowest BCUT2D eigenvalue weighted by molar-refractivity contribution is 0.389. The van der Waals surface area contributed by atoms with E-state index in [-0.39, 0.29) is 0 Å². The molecule has 5 heteroatoms. The number of fused-ring (bicyclic) bond motifs is 2. The maximum absolute atomic E-state index is 5.38. The Morgan fingerprint density at radius 3 is 3.00 bits per heavy atom. The molecule has 2 bridgehead atoms. The highest BCUT2D eigenvalue weighted by atomic mass is 32.1. The van der Waals surface area contributed by atoms with Crippen molar-refractivity contribution in [1.82, 2.24) is 20.2 Å². The van der Waals surface area contributed by atoms with E-state index >= 15 is 0 Å². The SMILES string of the molecule is S=C(NCCCn1ccnc1)N[C@H]1C[C@H]2CC[C@H]1C2. The zero-order valence-electron chi connectivity index (χ0n) is 11.2. The quantitative estimate of drug-likeness (QED) is 0.638. The fourth-order valence-corrected chi connectivity index (χ4v) is 3.78. The Morgan fingerprint density at radius 2 is 2.32 bits per heavy atom. The number of nitrogens with zero attached hydrogens (tertiary/aromatic N) is 2. The van der Waals surface area contributed by atoms with Crippen molar-refractivity contribution in [3.05, 3.63) is 18.7 Å². The molecule has 1 aromatic heterocycles. The van der Waals surface area contributed by atoms with Crippen molar-refractivity contribution in [2.75, 3.05) is 6.54 Å². The first-order valence-corrected chi connectivity index (χ1v) is 7.72. The Bertz CT molecular complexity index is 417. The average molecular weight is 278 g/mol. The number of hydrogen-bond donors (Lipinski definition) is 2. The van der Waals surface area contributed by atoms with E-state index < -0.39 is 0 Å². The van der Waals surface area contributed by atoms with E-state index in [0.29, 0.717) is 6.04 Å². The molecule has 2 aliphatic rings. The Morgan fingerprint density at radius 1 is 1.37 bits per heavy atom. The van der Waals surface area contributed by atoms with Crippen molar-refractivity contribution in [2.45, 2.75) is 44.7 Å². The third kappa shape index (κ3) is 3.26. The molecule has 1 aromatic rings. The number of rotatable bonds is 5. The van der Waals surface area contributed by atoms with Crippen molar-refractivity contribution >= 4 is 17.3 Å². The Labute approximate surface area is 120 Å². The van der Waals surface area contributed by atoms with E-state index in [4.69, 9.17) is 12.2 Å². The van der Waals surface area contributed by atoms with Crippen LogP contribution in [0.1, 0.15) is 32.1 Å². The smallest absolute Gasteiger partial charge is 0.166 e. The van der Waals surface area contributed by atoms with Gasteiger partial charge in [0.25, 0.3) is 0 Å². The molecular weight excluding hydrogens is 256 g/mol. The van der Waals surface area contributed by atoms with Gasteiger partial charge in [-0.25, -0.2) is 4.98 Å². The van der Waals surface area contributed by atoms with Crippen LogP contribution in [0.3, 0.4) is 0 Å². The fraction of sp³-hybridized carbons (Fsp3) is 0.714. The summed E-state index contributed by atoms with van der Waals surface area (Å²) in [5, 5.41) is 7.66. The molecule has 2 N–H and O–H groups in total. The van der Waals surface area contributed by atoms with Crippen molar-refractivity contribution in [2.24, 2.45) is 11.8 Å². The molecule has 2 fully saturated rings. The standard InChI is InChI=1S/C14H22N4S/c19-14(16-4-1-6-18-7-5-15-10-18)17-13-9-11-2-3-12(13)8-11/h5,7,10-13H,1-4,6,8-9H2,(H2,16,17,19)/t11-,12-,13-/m0/s1. The van der Waals surface area contributed by atoms with Gasteiger partial charge in [-0.05, 0) is 49.7 Å². The molecule has 104 valence electrons. The van der Waals surface area contributed by atoms with Gasteiger partial charge in [-0.2, -0.15) is 0 Å². The predicted molar refractivity (Wildman–Crippen MR) is 79.8 cm³/mol. The average Bonchev–Trinajstić information content (AvgIpc) is 3.11. The first-order chi connectivity index (χ1) is 9.31. The van der Waals surface area contributed by atoms with Crippen molar-refractivity contribution in [3.63, 3.8) is 0 Å². The van der Waals surface area contributed by atoms with Gasteiger partial charge in [0.15, 0.2) is 5.11 Å². The van der Waals surface area contributed by atoms with Crippen LogP contribution in [-0.2, 0) is 6.54 Å². The zero-order valence-corrected chi connectivity index (χ0v) is 12.0. The third-order valence-electron chi connectivity index (χ3n) is 4.49. The molecule has 0 aliphatic heterocycles. The minimum Gasteiger partial charge on any atom is -0.363 e. The predicted octanol–water partition coefficient (Wildman–Crippen LogP) is 1.93. The summed E-state index contributed by atoms with van der Waals surface area (Å²) in [5.74, 6) is 1.84. The summed E-state index contributed by atoms with van der Waals surface area (Å²) in [6, 6.07) is 0.632.